The molecule has 0 unspecified atom stereocenters. The van der Waals surface area contributed by atoms with Crippen LogP contribution in [0.5, 0.6) is 0 Å². The van der Waals surface area contributed by atoms with Crippen LogP contribution in [-0.4, -0.2) is 12.5 Å². The topological polar surface area (TPSA) is 68.3 Å². The maximum absolute atomic E-state index is 12.2. The van der Waals surface area contributed by atoms with Crippen molar-refractivity contribution in [3.05, 3.63) is 30.0 Å². The molecule has 2 aliphatic carbocycles. The van der Waals surface area contributed by atoms with E-state index in [-0.39, 0.29) is 5.91 Å². The molecule has 1 amide bonds. The van der Waals surface area contributed by atoms with Gasteiger partial charge in [-0.25, -0.2) is 0 Å². The average molecular weight is 270 g/mol. The summed E-state index contributed by atoms with van der Waals surface area (Å²) in [7, 11) is 0. The standard InChI is InChI=1S/C16H18N2O2/c17-12-3-4-13-10(7-12)8-14(20-13)15(19)18-9-16(5-6-16)11-1-2-11/h3-4,7-8,11H,1-2,5-6,9,17H2,(H,18,19). The van der Waals surface area contributed by atoms with Crippen molar-refractivity contribution in [1.29, 1.82) is 0 Å². The highest BCUT2D eigenvalue weighted by atomic mass is 16.3. The number of nitrogens with one attached hydrogen (secondary N) is 1. The minimum Gasteiger partial charge on any atom is -0.451 e. The summed E-state index contributed by atoms with van der Waals surface area (Å²) < 4.78 is 5.58. The Morgan fingerprint density at radius 2 is 2.15 bits per heavy atom. The number of amides is 1. The van der Waals surface area contributed by atoms with Gasteiger partial charge in [0.05, 0.1) is 0 Å². The molecule has 4 rings (SSSR count). The van der Waals surface area contributed by atoms with Gasteiger partial charge in [-0.3, -0.25) is 4.79 Å². The third-order valence-corrected chi connectivity index (χ3v) is 4.70. The van der Waals surface area contributed by atoms with Gasteiger partial charge in [-0.1, -0.05) is 0 Å². The molecule has 1 aromatic heterocycles. The van der Waals surface area contributed by atoms with E-state index in [0.717, 1.165) is 17.8 Å². The molecular weight excluding hydrogens is 252 g/mol. The SMILES string of the molecule is Nc1ccc2oc(C(=O)NCC3(C4CC4)CC3)cc2c1. The average Bonchev–Trinajstić information content (AvgIpc) is 3.32. The fourth-order valence-electron chi connectivity index (χ4n) is 3.10. The van der Waals surface area contributed by atoms with Crippen LogP contribution in [0.4, 0.5) is 5.69 Å². The second kappa shape index (κ2) is 4.01. The van der Waals surface area contributed by atoms with E-state index in [1.165, 1.54) is 25.7 Å². The summed E-state index contributed by atoms with van der Waals surface area (Å²) in [6.07, 6.45) is 5.18. The first kappa shape index (κ1) is 11.8. The maximum atomic E-state index is 12.2. The van der Waals surface area contributed by atoms with E-state index < -0.39 is 0 Å². The molecular formula is C16H18N2O2. The highest BCUT2D eigenvalue weighted by Gasteiger charge is 2.53. The first-order chi connectivity index (χ1) is 9.66. The first-order valence-corrected chi connectivity index (χ1v) is 7.24. The van der Waals surface area contributed by atoms with Crippen LogP contribution in [0.1, 0.15) is 36.2 Å². The molecule has 0 spiro atoms. The molecule has 0 bridgehead atoms. The van der Waals surface area contributed by atoms with E-state index in [9.17, 15) is 4.79 Å². The van der Waals surface area contributed by atoms with Crippen LogP contribution in [0.2, 0.25) is 0 Å². The van der Waals surface area contributed by atoms with E-state index in [1.54, 1.807) is 18.2 Å². The zero-order valence-electron chi connectivity index (χ0n) is 11.3. The fraction of sp³-hybridized carbons (Fsp3) is 0.438. The Hall–Kier alpha value is -1.97. The summed E-state index contributed by atoms with van der Waals surface area (Å²) in [4.78, 5) is 12.2. The van der Waals surface area contributed by atoms with Gasteiger partial charge in [-0.15, -0.1) is 0 Å². The van der Waals surface area contributed by atoms with E-state index in [4.69, 9.17) is 10.2 Å². The summed E-state index contributed by atoms with van der Waals surface area (Å²) >= 11 is 0. The molecule has 4 nitrogen and oxygen atoms in total. The van der Waals surface area contributed by atoms with Gasteiger partial charge in [0.1, 0.15) is 5.58 Å². The smallest absolute Gasteiger partial charge is 0.287 e. The Bertz CT molecular complexity index is 681. The lowest BCUT2D eigenvalue weighted by molar-refractivity contribution is 0.0917. The number of hydrogen-bond acceptors (Lipinski definition) is 3. The molecule has 0 atom stereocenters. The summed E-state index contributed by atoms with van der Waals surface area (Å²) in [5.74, 6) is 1.10. The molecule has 0 saturated heterocycles. The number of carbonyl (C=O) groups excluding carboxylic acids is 1. The van der Waals surface area contributed by atoms with E-state index in [2.05, 4.69) is 5.32 Å². The number of fused-ring (bicyclic) bond motifs is 1. The van der Waals surface area contributed by atoms with Crippen LogP contribution in [0.3, 0.4) is 0 Å². The molecule has 1 aromatic carbocycles. The van der Waals surface area contributed by atoms with Gasteiger partial charge in [0, 0.05) is 17.6 Å². The van der Waals surface area contributed by atoms with Crippen molar-refractivity contribution >= 4 is 22.6 Å². The Balaban J connectivity index is 1.49. The van der Waals surface area contributed by atoms with Crippen molar-refractivity contribution in [1.82, 2.24) is 5.32 Å². The lowest BCUT2D eigenvalue weighted by Crippen LogP contribution is -2.30. The quantitative estimate of drug-likeness (QED) is 0.839. The first-order valence-electron chi connectivity index (χ1n) is 7.24. The third kappa shape index (κ3) is 1.96. The lowest BCUT2D eigenvalue weighted by atomic mass is 10.0. The molecule has 4 heteroatoms. The highest BCUT2D eigenvalue weighted by Crippen LogP contribution is 2.60. The minimum absolute atomic E-state index is 0.119. The van der Waals surface area contributed by atoms with Crippen LogP contribution in [-0.2, 0) is 0 Å². The lowest BCUT2D eigenvalue weighted by Gasteiger charge is -2.13. The van der Waals surface area contributed by atoms with Crippen LogP contribution >= 0.6 is 0 Å². The predicted octanol–water partition coefficient (Wildman–Crippen LogP) is 2.94. The van der Waals surface area contributed by atoms with Crippen molar-refractivity contribution in [2.45, 2.75) is 25.7 Å². The number of benzene rings is 1. The molecule has 0 aliphatic heterocycles. The number of furan rings is 1. The minimum atomic E-state index is -0.119. The van der Waals surface area contributed by atoms with E-state index >= 15 is 0 Å². The number of nitrogen functional groups attached to an aromatic ring is 1. The second-order valence-electron chi connectivity index (χ2n) is 6.23. The van der Waals surface area contributed by atoms with Gasteiger partial charge in [0.2, 0.25) is 0 Å². The van der Waals surface area contributed by atoms with Crippen LogP contribution in [0.25, 0.3) is 11.0 Å². The van der Waals surface area contributed by atoms with Gasteiger partial charge < -0.3 is 15.5 Å². The predicted molar refractivity (Wildman–Crippen MR) is 77.4 cm³/mol. The molecule has 3 N–H and O–H groups in total. The molecule has 2 aliphatic rings. The van der Waals surface area contributed by atoms with Gasteiger partial charge in [-0.2, -0.15) is 0 Å². The molecule has 1 heterocycles. The zero-order valence-corrected chi connectivity index (χ0v) is 11.3. The van der Waals surface area contributed by atoms with Crippen LogP contribution < -0.4 is 11.1 Å². The number of nitrogens with two attached hydrogens (primary N) is 1. The summed E-state index contributed by atoms with van der Waals surface area (Å²) in [6, 6.07) is 7.16. The van der Waals surface area contributed by atoms with E-state index in [0.29, 0.717) is 22.4 Å². The monoisotopic (exact) mass is 270 g/mol. The Morgan fingerprint density at radius 1 is 1.35 bits per heavy atom. The summed E-state index contributed by atoms with van der Waals surface area (Å²) in [5, 5.41) is 3.91. The number of hydrogen-bond donors (Lipinski definition) is 2. The molecule has 0 radical (unpaired) electrons. The van der Waals surface area contributed by atoms with Gasteiger partial charge >= 0.3 is 0 Å². The summed E-state index contributed by atoms with van der Waals surface area (Å²) in [6.45, 7) is 0.787. The van der Waals surface area contributed by atoms with Crippen molar-refractivity contribution in [3.8, 4) is 0 Å². The number of carbonyl (C=O) groups is 1. The largest absolute Gasteiger partial charge is 0.451 e. The van der Waals surface area contributed by atoms with Gasteiger partial charge in [-0.05, 0) is 61.3 Å². The Kier molecular flexibility index (Phi) is 2.37. The normalized spacial score (nSPS) is 20.0. The van der Waals surface area contributed by atoms with Crippen molar-refractivity contribution in [2.75, 3.05) is 12.3 Å². The van der Waals surface area contributed by atoms with Crippen LogP contribution in [0.15, 0.2) is 28.7 Å². The van der Waals surface area contributed by atoms with E-state index in [1.807, 2.05) is 6.07 Å². The molecule has 2 fully saturated rings. The molecule has 2 aromatic rings. The maximum Gasteiger partial charge on any atom is 0.287 e. The summed E-state index contributed by atoms with van der Waals surface area (Å²) in [5.41, 5.74) is 7.52. The highest BCUT2D eigenvalue weighted by molar-refractivity contribution is 5.96. The van der Waals surface area contributed by atoms with Gasteiger partial charge in [0.15, 0.2) is 5.76 Å². The Morgan fingerprint density at radius 3 is 2.85 bits per heavy atom. The number of rotatable bonds is 4. The van der Waals surface area contributed by atoms with Crippen LogP contribution in [0, 0.1) is 11.3 Å². The Labute approximate surface area is 117 Å². The number of anilines is 1. The second-order valence-corrected chi connectivity index (χ2v) is 6.23. The molecule has 2 saturated carbocycles. The molecule has 20 heavy (non-hydrogen) atoms. The fourth-order valence-corrected chi connectivity index (χ4v) is 3.10. The van der Waals surface area contributed by atoms with Gasteiger partial charge in [0.25, 0.3) is 5.91 Å². The zero-order chi connectivity index (χ0) is 13.7. The third-order valence-electron chi connectivity index (χ3n) is 4.70. The van der Waals surface area contributed by atoms with Crippen molar-refractivity contribution in [2.24, 2.45) is 11.3 Å². The van der Waals surface area contributed by atoms with Crippen molar-refractivity contribution < 1.29 is 9.21 Å². The van der Waals surface area contributed by atoms with Crippen molar-refractivity contribution in [3.63, 3.8) is 0 Å². The molecule has 104 valence electrons.